The zero-order chi connectivity index (χ0) is 22.9. The fraction of sp³-hybridized carbons (Fsp3) is 0.143. The lowest BCUT2D eigenvalue weighted by molar-refractivity contribution is -0.141. The molecular formula is C28H22BrNO3. The number of benzene rings is 3. The molecule has 0 aliphatic heterocycles. The van der Waals surface area contributed by atoms with Crippen LogP contribution in [0, 0.1) is 0 Å². The summed E-state index contributed by atoms with van der Waals surface area (Å²) in [5, 5.41) is 11.0. The van der Waals surface area contributed by atoms with Gasteiger partial charge in [0.1, 0.15) is 5.75 Å². The predicted molar refractivity (Wildman–Crippen MR) is 133 cm³/mol. The topological polar surface area (TPSA) is 59.4 Å². The Kier molecular flexibility index (Phi) is 5.73. The summed E-state index contributed by atoms with van der Waals surface area (Å²) in [6, 6.07) is 23.8. The molecule has 1 unspecified atom stereocenters. The second-order valence-corrected chi connectivity index (χ2v) is 9.09. The van der Waals surface area contributed by atoms with E-state index in [1.54, 1.807) is 12.3 Å². The highest BCUT2D eigenvalue weighted by molar-refractivity contribution is 9.10. The molecule has 33 heavy (non-hydrogen) atoms. The second-order valence-electron chi connectivity index (χ2n) is 8.18. The van der Waals surface area contributed by atoms with Crippen molar-refractivity contribution < 1.29 is 14.6 Å². The number of hydrogen-bond donors (Lipinski definition) is 1. The number of pyridine rings is 1. The van der Waals surface area contributed by atoms with Crippen molar-refractivity contribution in [2.45, 2.75) is 19.3 Å². The van der Waals surface area contributed by atoms with Crippen molar-refractivity contribution in [3.8, 4) is 39.3 Å². The quantitative estimate of drug-likeness (QED) is 0.315. The van der Waals surface area contributed by atoms with E-state index in [9.17, 15) is 9.90 Å². The van der Waals surface area contributed by atoms with Crippen LogP contribution in [0.2, 0.25) is 0 Å². The maximum absolute atomic E-state index is 11.7. The number of phenolic OH excluding ortho intramolecular Hbond substituents is 1. The van der Waals surface area contributed by atoms with E-state index in [1.807, 2.05) is 48.5 Å². The molecule has 0 fully saturated rings. The van der Waals surface area contributed by atoms with Gasteiger partial charge in [-0.2, -0.15) is 0 Å². The van der Waals surface area contributed by atoms with Crippen molar-refractivity contribution in [2.75, 3.05) is 6.61 Å². The van der Waals surface area contributed by atoms with Gasteiger partial charge >= 0.3 is 5.97 Å². The van der Waals surface area contributed by atoms with Crippen LogP contribution in [0.1, 0.15) is 24.0 Å². The number of aromatic nitrogens is 1. The molecule has 0 amide bonds. The molecule has 4 nitrogen and oxygen atoms in total. The predicted octanol–water partition coefficient (Wildman–Crippen LogP) is 6.75. The van der Waals surface area contributed by atoms with E-state index in [-0.39, 0.29) is 24.2 Å². The molecule has 0 radical (unpaired) electrons. The Bertz CT molecular complexity index is 1330. The fourth-order valence-corrected chi connectivity index (χ4v) is 4.97. The van der Waals surface area contributed by atoms with Crippen LogP contribution in [0.5, 0.6) is 5.75 Å². The van der Waals surface area contributed by atoms with Crippen LogP contribution in [0.4, 0.5) is 0 Å². The Morgan fingerprint density at radius 3 is 2.52 bits per heavy atom. The third-order valence-corrected chi connectivity index (χ3v) is 6.64. The van der Waals surface area contributed by atoms with E-state index in [0.29, 0.717) is 6.42 Å². The number of nitrogens with zero attached hydrogens (tertiary/aromatic N) is 1. The standard InChI is InChI=1S/C28H22BrNO3/c1-17(31)33-16-19-15-24-22(25-7-2-3-14-30-25)5-4-6-23(24)28-26(32)13-12-21(27(19)28)18-8-10-20(29)11-9-18/h2-14,19,32H,15-16H2,1H3. The Labute approximate surface area is 201 Å². The van der Waals surface area contributed by atoms with Crippen LogP contribution in [0.15, 0.2) is 83.5 Å². The molecule has 164 valence electrons. The minimum absolute atomic E-state index is 0.105. The van der Waals surface area contributed by atoms with E-state index in [4.69, 9.17) is 4.74 Å². The number of aromatic hydroxyl groups is 1. The molecule has 0 bridgehead atoms. The molecule has 0 spiro atoms. The number of rotatable bonds is 4. The number of ether oxygens (including phenoxy) is 1. The number of carbonyl (C=O) groups excluding carboxylic acids is 1. The van der Waals surface area contributed by atoms with Crippen LogP contribution in [-0.4, -0.2) is 22.7 Å². The van der Waals surface area contributed by atoms with Gasteiger partial charge in [0.25, 0.3) is 0 Å². The average molecular weight is 500 g/mol. The van der Waals surface area contributed by atoms with Crippen molar-refractivity contribution in [1.82, 2.24) is 4.98 Å². The lowest BCUT2D eigenvalue weighted by atomic mass is 9.74. The third kappa shape index (κ3) is 4.05. The van der Waals surface area contributed by atoms with Crippen LogP contribution < -0.4 is 0 Å². The monoisotopic (exact) mass is 499 g/mol. The first-order chi connectivity index (χ1) is 16.0. The SMILES string of the molecule is CC(=O)OCC1Cc2c(-c3ccccn3)cccc2-c2c(O)ccc(-c3ccc(Br)cc3)c21. The van der Waals surface area contributed by atoms with Crippen molar-refractivity contribution in [1.29, 1.82) is 0 Å². The summed E-state index contributed by atoms with van der Waals surface area (Å²) in [5.74, 6) is -0.199. The van der Waals surface area contributed by atoms with Gasteiger partial charge in [0.05, 0.1) is 12.3 Å². The Hall–Kier alpha value is -3.44. The van der Waals surface area contributed by atoms with Gasteiger partial charge < -0.3 is 9.84 Å². The molecule has 4 aromatic rings. The van der Waals surface area contributed by atoms with E-state index in [0.717, 1.165) is 49.1 Å². The first-order valence-corrected chi connectivity index (χ1v) is 11.6. The van der Waals surface area contributed by atoms with Crippen molar-refractivity contribution in [2.24, 2.45) is 0 Å². The summed E-state index contributed by atoms with van der Waals surface area (Å²) in [4.78, 5) is 16.3. The highest BCUT2D eigenvalue weighted by Crippen LogP contribution is 2.50. The Morgan fingerprint density at radius 1 is 1.00 bits per heavy atom. The molecule has 0 saturated heterocycles. The summed E-state index contributed by atoms with van der Waals surface area (Å²) >= 11 is 3.51. The summed E-state index contributed by atoms with van der Waals surface area (Å²) in [6.45, 7) is 1.67. The molecule has 5 rings (SSSR count). The molecule has 3 aromatic carbocycles. The van der Waals surface area contributed by atoms with Gasteiger partial charge in [-0.25, -0.2) is 0 Å². The molecular weight excluding hydrogens is 478 g/mol. The van der Waals surface area contributed by atoms with Crippen LogP contribution in [0.25, 0.3) is 33.5 Å². The van der Waals surface area contributed by atoms with Crippen LogP contribution in [-0.2, 0) is 16.0 Å². The van der Waals surface area contributed by atoms with E-state index < -0.39 is 0 Å². The first-order valence-electron chi connectivity index (χ1n) is 10.8. The van der Waals surface area contributed by atoms with Crippen molar-refractivity contribution in [3.63, 3.8) is 0 Å². The summed E-state index contributed by atoms with van der Waals surface area (Å²) in [7, 11) is 0. The molecule has 1 aliphatic rings. The molecule has 1 heterocycles. The maximum atomic E-state index is 11.7. The average Bonchev–Trinajstić information content (AvgIpc) is 2.83. The number of carbonyl (C=O) groups is 1. The third-order valence-electron chi connectivity index (χ3n) is 6.11. The minimum atomic E-state index is -0.314. The summed E-state index contributed by atoms with van der Waals surface area (Å²) in [5.41, 5.74) is 7.88. The lowest BCUT2D eigenvalue weighted by Gasteiger charge is -2.31. The summed E-state index contributed by atoms with van der Waals surface area (Å²) in [6.07, 6.45) is 2.46. The van der Waals surface area contributed by atoms with Crippen molar-refractivity contribution in [3.05, 3.63) is 94.6 Å². The highest BCUT2D eigenvalue weighted by Gasteiger charge is 2.32. The molecule has 1 N–H and O–H groups in total. The van der Waals surface area contributed by atoms with Gasteiger partial charge in [-0.1, -0.05) is 58.4 Å². The van der Waals surface area contributed by atoms with E-state index in [1.165, 1.54) is 6.92 Å². The minimum Gasteiger partial charge on any atom is -0.507 e. The molecule has 5 heteroatoms. The molecule has 1 aliphatic carbocycles. The first kappa shape index (κ1) is 21.4. The Balaban J connectivity index is 1.76. The summed E-state index contributed by atoms with van der Waals surface area (Å²) < 4.78 is 6.51. The lowest BCUT2D eigenvalue weighted by Crippen LogP contribution is -2.20. The molecule has 0 saturated carbocycles. The fourth-order valence-electron chi connectivity index (χ4n) is 4.71. The maximum Gasteiger partial charge on any atom is 0.302 e. The van der Waals surface area contributed by atoms with Gasteiger partial charge in [0, 0.05) is 34.6 Å². The van der Waals surface area contributed by atoms with E-state index in [2.05, 4.69) is 39.1 Å². The number of esters is 1. The van der Waals surface area contributed by atoms with Gasteiger partial charge in [0.2, 0.25) is 0 Å². The Morgan fingerprint density at radius 2 is 1.79 bits per heavy atom. The number of halogens is 1. The largest absolute Gasteiger partial charge is 0.507 e. The molecule has 1 aromatic heterocycles. The number of hydrogen-bond acceptors (Lipinski definition) is 4. The number of fused-ring (bicyclic) bond motifs is 3. The van der Waals surface area contributed by atoms with Gasteiger partial charge in [0.15, 0.2) is 0 Å². The van der Waals surface area contributed by atoms with Crippen molar-refractivity contribution >= 4 is 21.9 Å². The normalized spacial score (nSPS) is 14.3. The van der Waals surface area contributed by atoms with Gasteiger partial charge in [-0.3, -0.25) is 9.78 Å². The zero-order valence-corrected chi connectivity index (χ0v) is 19.7. The zero-order valence-electron chi connectivity index (χ0n) is 18.1. The van der Waals surface area contributed by atoms with Gasteiger partial charge in [-0.15, -0.1) is 0 Å². The van der Waals surface area contributed by atoms with E-state index >= 15 is 0 Å². The second kappa shape index (κ2) is 8.83. The molecule has 1 atom stereocenters. The van der Waals surface area contributed by atoms with Gasteiger partial charge in [-0.05, 0) is 64.6 Å². The smallest absolute Gasteiger partial charge is 0.302 e. The van der Waals surface area contributed by atoms with Crippen LogP contribution in [0.3, 0.4) is 0 Å². The van der Waals surface area contributed by atoms with Crippen LogP contribution >= 0.6 is 15.9 Å². The number of phenols is 1. The highest BCUT2D eigenvalue weighted by atomic mass is 79.9.